The number of nitrogens with one attached hydrogen (secondary N) is 1. The first-order valence-electron chi connectivity index (χ1n) is 5.35. The molecule has 1 fully saturated rings. The molecule has 3 rings (SSSR count). The highest BCUT2D eigenvalue weighted by Crippen LogP contribution is 2.30. The lowest BCUT2D eigenvalue weighted by molar-refractivity contribution is 0.178. The van der Waals surface area contributed by atoms with Crippen molar-refractivity contribution < 1.29 is 4.74 Å². The number of aromatic nitrogens is 3. The SMILES string of the molecule is CC1(c2nc3ncccc3[nH]2)COCC1N. The van der Waals surface area contributed by atoms with Crippen molar-refractivity contribution in [3.8, 4) is 0 Å². The number of imidazole rings is 1. The van der Waals surface area contributed by atoms with Crippen LogP contribution in [0.1, 0.15) is 12.7 Å². The molecule has 0 bridgehead atoms. The van der Waals surface area contributed by atoms with Crippen LogP contribution in [-0.2, 0) is 10.2 Å². The van der Waals surface area contributed by atoms with Crippen LogP contribution in [0.15, 0.2) is 18.3 Å². The third-order valence-corrected chi connectivity index (χ3v) is 3.32. The predicted molar refractivity (Wildman–Crippen MR) is 60.0 cm³/mol. The van der Waals surface area contributed by atoms with E-state index in [0.29, 0.717) is 13.2 Å². The van der Waals surface area contributed by atoms with Crippen LogP contribution in [0.3, 0.4) is 0 Å². The summed E-state index contributed by atoms with van der Waals surface area (Å²) in [6.45, 7) is 3.26. The van der Waals surface area contributed by atoms with Crippen LogP contribution in [-0.4, -0.2) is 34.2 Å². The molecule has 5 heteroatoms. The van der Waals surface area contributed by atoms with Crippen molar-refractivity contribution in [2.24, 2.45) is 5.73 Å². The highest BCUT2D eigenvalue weighted by atomic mass is 16.5. The van der Waals surface area contributed by atoms with Crippen molar-refractivity contribution in [3.63, 3.8) is 0 Å². The minimum absolute atomic E-state index is 0.0203. The number of hydrogen-bond donors (Lipinski definition) is 2. The van der Waals surface area contributed by atoms with E-state index in [2.05, 4.69) is 21.9 Å². The molecule has 0 radical (unpaired) electrons. The van der Waals surface area contributed by atoms with Crippen molar-refractivity contribution in [2.45, 2.75) is 18.4 Å². The minimum atomic E-state index is -0.235. The molecule has 0 spiro atoms. The molecule has 5 nitrogen and oxygen atoms in total. The molecular formula is C11H14N4O. The Balaban J connectivity index is 2.12. The van der Waals surface area contributed by atoms with Crippen molar-refractivity contribution in [3.05, 3.63) is 24.2 Å². The first-order valence-corrected chi connectivity index (χ1v) is 5.35. The second-order valence-corrected chi connectivity index (χ2v) is 4.50. The van der Waals surface area contributed by atoms with Gasteiger partial charge in [-0.15, -0.1) is 0 Å². The summed E-state index contributed by atoms with van der Waals surface area (Å²) in [4.78, 5) is 12.0. The van der Waals surface area contributed by atoms with Gasteiger partial charge < -0.3 is 15.5 Å². The van der Waals surface area contributed by atoms with Gasteiger partial charge in [0.15, 0.2) is 5.65 Å². The molecule has 2 aromatic rings. The standard InChI is InChI=1S/C11H14N4O/c1-11(6-16-5-8(11)12)10-14-7-3-2-4-13-9(7)15-10/h2-4,8H,5-6,12H2,1H3,(H,13,14,15). The maximum atomic E-state index is 6.06. The Morgan fingerprint density at radius 3 is 3.19 bits per heavy atom. The summed E-state index contributed by atoms with van der Waals surface area (Å²) in [5.74, 6) is 0.867. The third kappa shape index (κ3) is 1.25. The minimum Gasteiger partial charge on any atom is -0.379 e. The molecule has 2 unspecified atom stereocenters. The summed E-state index contributed by atoms with van der Waals surface area (Å²) in [5, 5.41) is 0. The topological polar surface area (TPSA) is 76.8 Å². The molecule has 2 aromatic heterocycles. The molecule has 84 valence electrons. The van der Waals surface area contributed by atoms with Gasteiger partial charge in [-0.25, -0.2) is 9.97 Å². The van der Waals surface area contributed by atoms with Gasteiger partial charge >= 0.3 is 0 Å². The van der Waals surface area contributed by atoms with E-state index in [9.17, 15) is 0 Å². The summed E-state index contributed by atoms with van der Waals surface area (Å²) in [6, 6.07) is 3.83. The monoisotopic (exact) mass is 218 g/mol. The van der Waals surface area contributed by atoms with Gasteiger partial charge in [0.05, 0.1) is 24.1 Å². The molecule has 0 aromatic carbocycles. The molecule has 1 aliphatic rings. The molecule has 0 saturated carbocycles. The lowest BCUT2D eigenvalue weighted by Crippen LogP contribution is -2.42. The van der Waals surface area contributed by atoms with Crippen molar-refractivity contribution in [2.75, 3.05) is 13.2 Å². The van der Waals surface area contributed by atoms with Crippen LogP contribution in [0.2, 0.25) is 0 Å². The summed E-state index contributed by atoms with van der Waals surface area (Å²) in [6.07, 6.45) is 1.74. The number of aromatic amines is 1. The van der Waals surface area contributed by atoms with E-state index < -0.39 is 0 Å². The fourth-order valence-corrected chi connectivity index (χ4v) is 2.05. The van der Waals surface area contributed by atoms with Crippen molar-refractivity contribution >= 4 is 11.2 Å². The van der Waals surface area contributed by atoms with Crippen LogP contribution < -0.4 is 5.73 Å². The van der Waals surface area contributed by atoms with E-state index in [1.165, 1.54) is 0 Å². The predicted octanol–water partition coefficient (Wildman–Crippen LogP) is 0.573. The smallest absolute Gasteiger partial charge is 0.177 e. The maximum absolute atomic E-state index is 6.06. The van der Waals surface area contributed by atoms with Gasteiger partial charge in [-0.05, 0) is 19.1 Å². The Hall–Kier alpha value is -1.46. The van der Waals surface area contributed by atoms with Gasteiger partial charge in [-0.3, -0.25) is 0 Å². The summed E-state index contributed by atoms with van der Waals surface area (Å²) in [5.41, 5.74) is 7.50. The van der Waals surface area contributed by atoms with E-state index in [1.807, 2.05) is 12.1 Å². The zero-order valence-electron chi connectivity index (χ0n) is 9.10. The van der Waals surface area contributed by atoms with Crippen LogP contribution in [0, 0.1) is 0 Å². The quantitative estimate of drug-likeness (QED) is 0.733. The molecule has 2 atom stereocenters. The number of hydrogen-bond acceptors (Lipinski definition) is 4. The Labute approximate surface area is 93.0 Å². The molecule has 16 heavy (non-hydrogen) atoms. The van der Waals surface area contributed by atoms with Gasteiger partial charge in [0.2, 0.25) is 0 Å². The number of ether oxygens (including phenoxy) is 1. The largest absolute Gasteiger partial charge is 0.379 e. The van der Waals surface area contributed by atoms with Crippen molar-refractivity contribution in [1.82, 2.24) is 15.0 Å². The van der Waals surface area contributed by atoms with E-state index in [4.69, 9.17) is 10.5 Å². The number of rotatable bonds is 1. The lowest BCUT2D eigenvalue weighted by Gasteiger charge is -2.23. The highest BCUT2D eigenvalue weighted by molar-refractivity contribution is 5.70. The van der Waals surface area contributed by atoms with Crippen LogP contribution in [0.5, 0.6) is 0 Å². The summed E-state index contributed by atoms with van der Waals surface area (Å²) in [7, 11) is 0. The first-order chi connectivity index (χ1) is 7.70. The molecule has 1 aliphatic heterocycles. The average Bonchev–Trinajstić information content (AvgIpc) is 2.84. The van der Waals surface area contributed by atoms with Crippen LogP contribution in [0.4, 0.5) is 0 Å². The second kappa shape index (κ2) is 3.26. The number of H-pyrrole nitrogens is 1. The number of nitrogens with zero attached hydrogens (tertiary/aromatic N) is 2. The second-order valence-electron chi connectivity index (χ2n) is 4.50. The Morgan fingerprint density at radius 1 is 1.62 bits per heavy atom. The summed E-state index contributed by atoms with van der Waals surface area (Å²) >= 11 is 0. The zero-order chi connectivity index (χ0) is 11.2. The van der Waals surface area contributed by atoms with Gasteiger partial charge in [0, 0.05) is 12.2 Å². The molecule has 0 amide bonds. The van der Waals surface area contributed by atoms with E-state index in [1.54, 1.807) is 6.20 Å². The fourth-order valence-electron chi connectivity index (χ4n) is 2.05. The Morgan fingerprint density at radius 2 is 2.50 bits per heavy atom. The average molecular weight is 218 g/mol. The number of pyridine rings is 1. The van der Waals surface area contributed by atoms with Crippen LogP contribution in [0.25, 0.3) is 11.2 Å². The van der Waals surface area contributed by atoms with E-state index in [-0.39, 0.29) is 11.5 Å². The van der Waals surface area contributed by atoms with Crippen LogP contribution >= 0.6 is 0 Å². The number of nitrogens with two attached hydrogens (primary N) is 1. The Bertz CT molecular complexity index is 490. The first kappa shape index (κ1) is 9.74. The molecule has 1 saturated heterocycles. The lowest BCUT2D eigenvalue weighted by atomic mass is 9.85. The van der Waals surface area contributed by atoms with Crippen molar-refractivity contribution in [1.29, 1.82) is 0 Å². The van der Waals surface area contributed by atoms with Gasteiger partial charge in [-0.2, -0.15) is 0 Å². The number of fused-ring (bicyclic) bond motifs is 1. The summed E-state index contributed by atoms with van der Waals surface area (Å²) < 4.78 is 5.42. The third-order valence-electron chi connectivity index (χ3n) is 3.32. The molecule has 0 aliphatic carbocycles. The highest BCUT2D eigenvalue weighted by Gasteiger charge is 2.41. The van der Waals surface area contributed by atoms with Gasteiger partial charge in [0.1, 0.15) is 5.82 Å². The molecule has 3 N–H and O–H groups in total. The van der Waals surface area contributed by atoms with E-state index >= 15 is 0 Å². The maximum Gasteiger partial charge on any atom is 0.177 e. The fraction of sp³-hybridized carbons (Fsp3) is 0.455. The molecule has 3 heterocycles. The molecular weight excluding hydrogens is 204 g/mol. The normalized spacial score (nSPS) is 30.0. The Kier molecular flexibility index (Phi) is 1.99. The van der Waals surface area contributed by atoms with Gasteiger partial charge in [0.25, 0.3) is 0 Å². The van der Waals surface area contributed by atoms with E-state index in [0.717, 1.165) is 17.0 Å². The zero-order valence-corrected chi connectivity index (χ0v) is 9.10. The van der Waals surface area contributed by atoms with Gasteiger partial charge in [-0.1, -0.05) is 0 Å².